The SMILES string of the molecule is Cc1ccc(CN2C(=O)N[C@@](C)(c3ccc(Cl)cc3)C2=O)cc1. The molecular formula is C18H17ClN2O2. The number of nitrogens with one attached hydrogen (secondary N) is 1. The number of nitrogens with zero attached hydrogens (tertiary/aromatic N) is 1. The summed E-state index contributed by atoms with van der Waals surface area (Å²) in [6.07, 6.45) is 0. The van der Waals surface area contributed by atoms with Gasteiger partial charge >= 0.3 is 6.03 Å². The zero-order valence-electron chi connectivity index (χ0n) is 13.0. The van der Waals surface area contributed by atoms with Gasteiger partial charge in [0.2, 0.25) is 0 Å². The molecule has 0 aliphatic carbocycles. The number of halogens is 1. The lowest BCUT2D eigenvalue weighted by atomic mass is 9.92. The van der Waals surface area contributed by atoms with E-state index in [0.29, 0.717) is 10.6 Å². The number of amides is 3. The van der Waals surface area contributed by atoms with Crippen molar-refractivity contribution < 1.29 is 9.59 Å². The second-order valence-corrected chi connectivity index (χ2v) is 6.38. The molecule has 1 aliphatic heterocycles. The highest BCUT2D eigenvalue weighted by Gasteiger charge is 2.48. The number of imide groups is 1. The van der Waals surface area contributed by atoms with E-state index in [1.54, 1.807) is 31.2 Å². The maximum Gasteiger partial charge on any atom is 0.325 e. The molecule has 0 bridgehead atoms. The smallest absolute Gasteiger partial charge is 0.319 e. The van der Waals surface area contributed by atoms with Gasteiger partial charge in [-0.15, -0.1) is 0 Å². The van der Waals surface area contributed by atoms with Gasteiger partial charge in [-0.25, -0.2) is 4.79 Å². The molecule has 3 rings (SSSR count). The average molecular weight is 329 g/mol. The lowest BCUT2D eigenvalue weighted by molar-refractivity contribution is -0.131. The summed E-state index contributed by atoms with van der Waals surface area (Å²) < 4.78 is 0. The van der Waals surface area contributed by atoms with Crippen LogP contribution in [0.5, 0.6) is 0 Å². The van der Waals surface area contributed by atoms with Crippen molar-refractivity contribution in [1.29, 1.82) is 0 Å². The van der Waals surface area contributed by atoms with E-state index in [1.807, 2.05) is 31.2 Å². The first-order chi connectivity index (χ1) is 10.9. The molecule has 2 aromatic rings. The second-order valence-electron chi connectivity index (χ2n) is 5.94. The number of urea groups is 1. The number of rotatable bonds is 3. The predicted molar refractivity (Wildman–Crippen MR) is 89.1 cm³/mol. The van der Waals surface area contributed by atoms with Gasteiger partial charge in [-0.1, -0.05) is 53.6 Å². The molecule has 1 aliphatic rings. The van der Waals surface area contributed by atoms with Gasteiger partial charge in [0.15, 0.2) is 0 Å². The van der Waals surface area contributed by atoms with Crippen molar-refractivity contribution in [3.05, 3.63) is 70.2 Å². The Kier molecular flexibility index (Phi) is 3.86. The summed E-state index contributed by atoms with van der Waals surface area (Å²) in [6.45, 7) is 3.97. The zero-order valence-corrected chi connectivity index (χ0v) is 13.7. The van der Waals surface area contributed by atoms with Gasteiger partial charge in [0.1, 0.15) is 5.54 Å². The molecule has 0 spiro atoms. The van der Waals surface area contributed by atoms with Crippen LogP contribution in [-0.2, 0) is 16.9 Å². The Bertz CT molecular complexity index is 756. The topological polar surface area (TPSA) is 49.4 Å². The molecule has 2 aromatic carbocycles. The molecule has 1 saturated heterocycles. The summed E-state index contributed by atoms with van der Waals surface area (Å²) >= 11 is 5.89. The zero-order chi connectivity index (χ0) is 16.6. The molecule has 0 saturated carbocycles. The van der Waals surface area contributed by atoms with E-state index < -0.39 is 5.54 Å². The first-order valence-corrected chi connectivity index (χ1v) is 7.73. The highest BCUT2D eigenvalue weighted by Crippen LogP contribution is 2.30. The Morgan fingerprint density at radius 1 is 1.04 bits per heavy atom. The van der Waals surface area contributed by atoms with Gasteiger partial charge in [-0.3, -0.25) is 9.69 Å². The van der Waals surface area contributed by atoms with Crippen molar-refractivity contribution in [1.82, 2.24) is 10.2 Å². The molecule has 3 amide bonds. The predicted octanol–water partition coefficient (Wildman–Crippen LogP) is 3.62. The molecule has 5 heteroatoms. The summed E-state index contributed by atoms with van der Waals surface area (Å²) in [5, 5.41) is 3.38. The van der Waals surface area contributed by atoms with E-state index in [-0.39, 0.29) is 18.5 Å². The van der Waals surface area contributed by atoms with Crippen molar-refractivity contribution in [2.45, 2.75) is 25.9 Å². The van der Waals surface area contributed by atoms with Crippen LogP contribution in [0, 0.1) is 6.92 Å². The van der Waals surface area contributed by atoms with Crippen LogP contribution in [0.1, 0.15) is 23.6 Å². The Labute approximate surface area is 140 Å². The van der Waals surface area contributed by atoms with E-state index in [1.165, 1.54) is 4.90 Å². The fourth-order valence-electron chi connectivity index (χ4n) is 2.70. The number of carbonyl (C=O) groups excluding carboxylic acids is 2. The van der Waals surface area contributed by atoms with Gasteiger partial charge in [0.05, 0.1) is 6.54 Å². The van der Waals surface area contributed by atoms with Crippen molar-refractivity contribution in [2.75, 3.05) is 0 Å². The molecule has 1 N–H and O–H groups in total. The van der Waals surface area contributed by atoms with E-state index in [4.69, 9.17) is 11.6 Å². The van der Waals surface area contributed by atoms with Crippen molar-refractivity contribution in [2.24, 2.45) is 0 Å². The van der Waals surface area contributed by atoms with Crippen molar-refractivity contribution in [3.63, 3.8) is 0 Å². The fraction of sp³-hybridized carbons (Fsp3) is 0.222. The fourth-order valence-corrected chi connectivity index (χ4v) is 2.82. The van der Waals surface area contributed by atoms with Crippen LogP contribution in [0.2, 0.25) is 5.02 Å². The lowest BCUT2D eigenvalue weighted by Crippen LogP contribution is -2.40. The summed E-state index contributed by atoms with van der Waals surface area (Å²) in [4.78, 5) is 26.3. The summed E-state index contributed by atoms with van der Waals surface area (Å²) in [5.74, 6) is -0.259. The minimum Gasteiger partial charge on any atom is -0.319 e. The summed E-state index contributed by atoms with van der Waals surface area (Å²) in [7, 11) is 0. The lowest BCUT2D eigenvalue weighted by Gasteiger charge is -2.22. The van der Waals surface area contributed by atoms with E-state index in [2.05, 4.69) is 5.32 Å². The van der Waals surface area contributed by atoms with Crippen LogP contribution in [0.15, 0.2) is 48.5 Å². The molecular weight excluding hydrogens is 312 g/mol. The van der Waals surface area contributed by atoms with Crippen molar-refractivity contribution >= 4 is 23.5 Å². The first-order valence-electron chi connectivity index (χ1n) is 7.36. The first kappa shape index (κ1) is 15.6. The number of hydrogen-bond donors (Lipinski definition) is 1. The van der Waals surface area contributed by atoms with Crippen LogP contribution in [0.3, 0.4) is 0 Å². The number of benzene rings is 2. The normalized spacial score (nSPS) is 20.7. The van der Waals surface area contributed by atoms with Crippen molar-refractivity contribution in [3.8, 4) is 0 Å². The minimum absolute atomic E-state index is 0.258. The molecule has 0 unspecified atom stereocenters. The van der Waals surface area contributed by atoms with E-state index in [0.717, 1.165) is 11.1 Å². The van der Waals surface area contributed by atoms with Gasteiger partial charge < -0.3 is 5.32 Å². The molecule has 118 valence electrons. The van der Waals surface area contributed by atoms with E-state index in [9.17, 15) is 9.59 Å². The van der Waals surface area contributed by atoms with Crippen LogP contribution in [0.25, 0.3) is 0 Å². The van der Waals surface area contributed by atoms with Gasteiger partial charge in [-0.05, 0) is 37.1 Å². The Balaban J connectivity index is 1.87. The monoisotopic (exact) mass is 328 g/mol. The number of carbonyl (C=O) groups is 2. The molecule has 4 nitrogen and oxygen atoms in total. The van der Waals surface area contributed by atoms with E-state index >= 15 is 0 Å². The maximum atomic E-state index is 12.8. The highest BCUT2D eigenvalue weighted by atomic mass is 35.5. The van der Waals surface area contributed by atoms with Gasteiger partial charge in [0.25, 0.3) is 5.91 Å². The third-order valence-electron chi connectivity index (χ3n) is 4.16. The molecule has 1 heterocycles. The third kappa shape index (κ3) is 2.82. The Morgan fingerprint density at radius 3 is 2.26 bits per heavy atom. The number of aryl methyl sites for hydroxylation is 1. The third-order valence-corrected chi connectivity index (χ3v) is 4.41. The molecule has 23 heavy (non-hydrogen) atoms. The van der Waals surface area contributed by atoms with Crippen LogP contribution in [-0.4, -0.2) is 16.8 Å². The average Bonchev–Trinajstić information content (AvgIpc) is 2.74. The van der Waals surface area contributed by atoms with Crippen LogP contribution >= 0.6 is 11.6 Å². The molecule has 0 radical (unpaired) electrons. The number of hydrogen-bond acceptors (Lipinski definition) is 2. The second kappa shape index (κ2) is 5.70. The van der Waals surface area contributed by atoms with Gasteiger partial charge in [0, 0.05) is 5.02 Å². The quantitative estimate of drug-likeness (QED) is 0.875. The van der Waals surface area contributed by atoms with Crippen LogP contribution in [0.4, 0.5) is 4.79 Å². The largest absolute Gasteiger partial charge is 0.325 e. The summed E-state index contributed by atoms with van der Waals surface area (Å²) in [5.41, 5.74) is 1.70. The standard InChI is InChI=1S/C18H17ClN2O2/c1-12-3-5-13(6-4-12)11-21-16(22)18(2,20-17(21)23)14-7-9-15(19)10-8-14/h3-10H,11H2,1-2H3,(H,20,23)/t18-/m0/s1. The Hall–Kier alpha value is -2.33. The summed E-state index contributed by atoms with van der Waals surface area (Å²) in [6, 6.07) is 14.3. The molecule has 0 aromatic heterocycles. The highest BCUT2D eigenvalue weighted by molar-refractivity contribution is 6.30. The Morgan fingerprint density at radius 2 is 1.65 bits per heavy atom. The maximum absolute atomic E-state index is 12.8. The van der Waals surface area contributed by atoms with Gasteiger partial charge in [-0.2, -0.15) is 0 Å². The molecule has 1 fully saturated rings. The molecule has 1 atom stereocenters. The van der Waals surface area contributed by atoms with Crippen LogP contribution < -0.4 is 5.32 Å². The minimum atomic E-state index is -1.06.